The van der Waals surface area contributed by atoms with Crippen LogP contribution in [0.4, 0.5) is 9.18 Å². The Morgan fingerprint density at radius 3 is 2.35 bits per heavy atom. The second-order valence-electron chi connectivity index (χ2n) is 3.64. The van der Waals surface area contributed by atoms with Crippen molar-refractivity contribution >= 4 is 6.09 Å². The van der Waals surface area contributed by atoms with Crippen molar-refractivity contribution in [2.24, 2.45) is 0 Å². The van der Waals surface area contributed by atoms with Crippen LogP contribution in [-0.4, -0.2) is 18.1 Å². The third kappa shape index (κ3) is 2.53. The molecule has 88 valence electrons. The third-order valence-corrected chi connectivity index (χ3v) is 2.55. The van der Waals surface area contributed by atoms with Crippen molar-refractivity contribution in [3.8, 4) is 0 Å². The summed E-state index contributed by atoms with van der Waals surface area (Å²) in [5.41, 5.74) is 0.975. The van der Waals surface area contributed by atoms with E-state index in [1.165, 1.54) is 24.1 Å². The highest BCUT2D eigenvalue weighted by Gasteiger charge is 2.14. The Morgan fingerprint density at radius 1 is 1.24 bits per heavy atom. The molecule has 0 spiro atoms. The fourth-order valence-electron chi connectivity index (χ4n) is 1.62. The van der Waals surface area contributed by atoms with Gasteiger partial charge in [-0.15, -0.1) is 0 Å². The van der Waals surface area contributed by atoms with Crippen molar-refractivity contribution in [2.45, 2.75) is 5.92 Å². The third-order valence-electron chi connectivity index (χ3n) is 2.55. The van der Waals surface area contributed by atoms with Crippen LogP contribution in [0.25, 0.3) is 0 Å². The average Bonchev–Trinajstić information content (AvgIpc) is 2.39. The van der Waals surface area contributed by atoms with Gasteiger partial charge in [0.15, 0.2) is 0 Å². The molecule has 3 nitrogen and oxygen atoms in total. The molecular formula is C13H12FNO2. The number of halogens is 1. The Kier molecular flexibility index (Phi) is 3.23. The highest BCUT2D eigenvalue weighted by molar-refractivity contribution is 5.70. The minimum absolute atomic E-state index is 0.0523. The number of amides is 1. The van der Waals surface area contributed by atoms with Gasteiger partial charge < -0.3 is 4.74 Å². The Morgan fingerprint density at radius 2 is 1.82 bits per heavy atom. The largest absolute Gasteiger partial charge is 0.452 e. The van der Waals surface area contributed by atoms with Crippen molar-refractivity contribution in [1.29, 1.82) is 0 Å². The number of methoxy groups -OCH3 is 1. The summed E-state index contributed by atoms with van der Waals surface area (Å²) in [4.78, 5) is 12.6. The van der Waals surface area contributed by atoms with Gasteiger partial charge in [0, 0.05) is 18.3 Å². The van der Waals surface area contributed by atoms with Crippen LogP contribution >= 0.6 is 0 Å². The second-order valence-corrected chi connectivity index (χ2v) is 3.64. The van der Waals surface area contributed by atoms with Crippen molar-refractivity contribution in [3.05, 3.63) is 60.2 Å². The maximum Gasteiger partial charge on any atom is 0.417 e. The molecule has 17 heavy (non-hydrogen) atoms. The lowest BCUT2D eigenvalue weighted by atomic mass is 9.98. The molecule has 1 heterocycles. The zero-order valence-electron chi connectivity index (χ0n) is 9.34. The molecule has 4 heteroatoms. The Hall–Kier alpha value is -2.10. The van der Waals surface area contributed by atoms with Gasteiger partial charge in [-0.1, -0.05) is 24.3 Å². The lowest BCUT2D eigenvalue weighted by Gasteiger charge is -2.19. The molecule has 1 aliphatic heterocycles. The van der Waals surface area contributed by atoms with Crippen molar-refractivity contribution < 1.29 is 13.9 Å². The predicted octanol–water partition coefficient (Wildman–Crippen LogP) is 3.02. The van der Waals surface area contributed by atoms with Gasteiger partial charge in [-0.3, -0.25) is 4.90 Å². The fourth-order valence-corrected chi connectivity index (χ4v) is 1.62. The number of nitrogens with zero attached hydrogens (tertiary/aromatic N) is 1. The Labute approximate surface area is 98.8 Å². The fraction of sp³-hybridized carbons (Fsp3) is 0.154. The minimum atomic E-state index is -0.435. The lowest BCUT2D eigenvalue weighted by molar-refractivity contribution is 0.151. The monoisotopic (exact) mass is 233 g/mol. The summed E-state index contributed by atoms with van der Waals surface area (Å²) >= 11 is 0. The number of benzene rings is 1. The van der Waals surface area contributed by atoms with Gasteiger partial charge in [-0.05, 0) is 17.7 Å². The summed E-state index contributed by atoms with van der Waals surface area (Å²) in [6, 6.07) is 6.29. The van der Waals surface area contributed by atoms with Crippen LogP contribution in [0.15, 0.2) is 48.8 Å². The van der Waals surface area contributed by atoms with Crippen molar-refractivity contribution in [3.63, 3.8) is 0 Å². The van der Waals surface area contributed by atoms with E-state index >= 15 is 0 Å². The van der Waals surface area contributed by atoms with Gasteiger partial charge in [-0.25, -0.2) is 9.18 Å². The minimum Gasteiger partial charge on any atom is -0.452 e. The molecule has 1 amide bonds. The zero-order chi connectivity index (χ0) is 12.3. The van der Waals surface area contributed by atoms with E-state index in [4.69, 9.17) is 0 Å². The Bertz CT molecular complexity index is 451. The molecule has 0 atom stereocenters. The summed E-state index contributed by atoms with van der Waals surface area (Å²) < 4.78 is 17.3. The molecule has 0 N–H and O–H groups in total. The topological polar surface area (TPSA) is 29.5 Å². The van der Waals surface area contributed by atoms with Gasteiger partial charge in [0.05, 0.1) is 7.11 Å². The first kappa shape index (κ1) is 11.4. The first-order chi connectivity index (χ1) is 8.20. The standard InChI is InChI=1S/C13H12FNO2/c1-17-13(16)15-8-6-11(7-9-15)10-2-4-12(14)5-3-10/h2-9,11H,1H3. The van der Waals surface area contributed by atoms with E-state index < -0.39 is 6.09 Å². The van der Waals surface area contributed by atoms with Gasteiger partial charge in [0.2, 0.25) is 0 Å². The van der Waals surface area contributed by atoms with E-state index in [0.29, 0.717) is 0 Å². The molecule has 1 aromatic rings. The van der Waals surface area contributed by atoms with Crippen molar-refractivity contribution in [2.75, 3.05) is 7.11 Å². The van der Waals surface area contributed by atoms with Crippen LogP contribution in [-0.2, 0) is 4.74 Å². The van der Waals surface area contributed by atoms with Gasteiger partial charge in [0.1, 0.15) is 5.82 Å². The summed E-state index contributed by atoms with van der Waals surface area (Å²) in [5, 5.41) is 0. The second kappa shape index (κ2) is 4.82. The predicted molar refractivity (Wildman–Crippen MR) is 61.7 cm³/mol. The number of carbonyl (C=O) groups excluding carboxylic acids is 1. The molecule has 0 saturated heterocycles. The summed E-state index contributed by atoms with van der Waals surface area (Å²) in [6.45, 7) is 0. The molecule has 0 aliphatic carbocycles. The van der Waals surface area contributed by atoms with Gasteiger partial charge >= 0.3 is 6.09 Å². The number of rotatable bonds is 1. The van der Waals surface area contributed by atoms with E-state index in [9.17, 15) is 9.18 Å². The molecule has 1 aromatic carbocycles. The summed E-state index contributed by atoms with van der Waals surface area (Å²) in [7, 11) is 1.33. The highest BCUT2D eigenvalue weighted by atomic mass is 19.1. The SMILES string of the molecule is COC(=O)N1C=CC(c2ccc(F)cc2)C=C1. The first-order valence-electron chi connectivity index (χ1n) is 5.19. The zero-order valence-corrected chi connectivity index (χ0v) is 9.34. The molecule has 0 unspecified atom stereocenters. The maximum absolute atomic E-state index is 12.8. The van der Waals surface area contributed by atoms with E-state index in [1.807, 2.05) is 12.2 Å². The van der Waals surface area contributed by atoms with Crippen LogP contribution in [0.5, 0.6) is 0 Å². The number of carbonyl (C=O) groups is 1. The first-order valence-corrected chi connectivity index (χ1v) is 5.19. The van der Waals surface area contributed by atoms with Crippen LogP contribution in [0.2, 0.25) is 0 Å². The van der Waals surface area contributed by atoms with Crippen LogP contribution in [0.3, 0.4) is 0 Å². The Balaban J connectivity index is 2.10. The molecule has 0 saturated carbocycles. The number of hydrogen-bond donors (Lipinski definition) is 0. The highest BCUT2D eigenvalue weighted by Crippen LogP contribution is 2.23. The average molecular weight is 233 g/mol. The van der Waals surface area contributed by atoms with Crippen molar-refractivity contribution in [1.82, 2.24) is 4.90 Å². The summed E-state index contributed by atoms with van der Waals surface area (Å²) in [5.74, 6) is -0.204. The molecule has 0 aromatic heterocycles. The lowest BCUT2D eigenvalue weighted by Crippen LogP contribution is -2.21. The maximum atomic E-state index is 12.8. The van der Waals surface area contributed by atoms with E-state index in [-0.39, 0.29) is 11.7 Å². The van der Waals surface area contributed by atoms with Gasteiger partial charge in [0.25, 0.3) is 0 Å². The van der Waals surface area contributed by atoms with Crippen LogP contribution < -0.4 is 0 Å². The molecule has 0 radical (unpaired) electrons. The number of ether oxygens (including phenoxy) is 1. The normalized spacial score (nSPS) is 15.1. The molecule has 0 bridgehead atoms. The molecule has 2 rings (SSSR count). The number of allylic oxidation sites excluding steroid dienone is 2. The smallest absolute Gasteiger partial charge is 0.417 e. The quantitative estimate of drug-likeness (QED) is 0.746. The van der Waals surface area contributed by atoms with E-state index in [0.717, 1.165) is 5.56 Å². The number of hydrogen-bond acceptors (Lipinski definition) is 2. The van der Waals surface area contributed by atoms with E-state index in [1.54, 1.807) is 24.5 Å². The summed E-state index contributed by atoms with van der Waals surface area (Å²) in [6.07, 6.45) is 6.55. The molecule has 1 aliphatic rings. The molecular weight excluding hydrogens is 221 g/mol. The molecule has 0 fully saturated rings. The van der Waals surface area contributed by atoms with Crippen LogP contribution in [0.1, 0.15) is 11.5 Å². The van der Waals surface area contributed by atoms with Gasteiger partial charge in [-0.2, -0.15) is 0 Å². The van der Waals surface area contributed by atoms with Crippen LogP contribution in [0, 0.1) is 5.82 Å². The van der Waals surface area contributed by atoms with E-state index in [2.05, 4.69) is 4.74 Å².